The van der Waals surface area contributed by atoms with Crippen molar-refractivity contribution in [3.8, 4) is 0 Å². The van der Waals surface area contributed by atoms with Crippen molar-refractivity contribution in [3.63, 3.8) is 0 Å². The van der Waals surface area contributed by atoms with Gasteiger partial charge in [0.2, 0.25) is 0 Å². The minimum Gasteiger partial charge on any atom is -0.366 e. The zero-order valence-corrected chi connectivity index (χ0v) is 15.1. The molecule has 0 spiro atoms. The third-order valence-corrected chi connectivity index (χ3v) is 4.01. The molecule has 2 heterocycles. The van der Waals surface area contributed by atoms with Crippen LogP contribution in [0.4, 0.5) is 17.3 Å². The lowest BCUT2D eigenvalue weighted by Gasteiger charge is -2.12. The van der Waals surface area contributed by atoms with Crippen LogP contribution >= 0.6 is 15.9 Å². The van der Waals surface area contributed by atoms with E-state index in [0.717, 1.165) is 32.9 Å². The van der Waals surface area contributed by atoms with Gasteiger partial charge >= 0.3 is 0 Å². The Balaban J connectivity index is 1.76. The average molecular weight is 384 g/mol. The number of nitrogens with zero attached hydrogens (tertiary/aromatic N) is 3. The van der Waals surface area contributed by atoms with Gasteiger partial charge in [-0.3, -0.25) is 4.98 Å². The molecule has 0 radical (unpaired) electrons. The topological polar surface area (TPSA) is 62.7 Å². The number of halogens is 1. The molecule has 0 aliphatic rings. The maximum absolute atomic E-state index is 4.46. The van der Waals surface area contributed by atoms with E-state index >= 15 is 0 Å². The van der Waals surface area contributed by atoms with E-state index in [2.05, 4.69) is 54.5 Å². The highest BCUT2D eigenvalue weighted by Gasteiger charge is 2.05. The molecule has 24 heavy (non-hydrogen) atoms. The van der Waals surface area contributed by atoms with Crippen molar-refractivity contribution in [1.82, 2.24) is 15.0 Å². The zero-order chi connectivity index (χ0) is 16.9. The molecule has 0 fully saturated rings. The number of rotatable bonds is 5. The van der Waals surface area contributed by atoms with E-state index in [1.54, 1.807) is 12.4 Å². The molecule has 0 saturated heterocycles. The van der Waals surface area contributed by atoms with Gasteiger partial charge in [-0.15, -0.1) is 0 Å². The number of aryl methyl sites for hydroxylation is 2. The van der Waals surface area contributed by atoms with Crippen LogP contribution in [0.2, 0.25) is 0 Å². The smallest absolute Gasteiger partial charge is 0.136 e. The van der Waals surface area contributed by atoms with Crippen molar-refractivity contribution in [2.75, 3.05) is 10.6 Å². The van der Waals surface area contributed by atoms with Crippen LogP contribution in [-0.2, 0) is 6.54 Å². The van der Waals surface area contributed by atoms with Crippen LogP contribution in [0.15, 0.2) is 53.3 Å². The van der Waals surface area contributed by atoms with Crippen LogP contribution in [-0.4, -0.2) is 15.0 Å². The number of anilines is 3. The normalized spacial score (nSPS) is 10.5. The summed E-state index contributed by atoms with van der Waals surface area (Å²) in [5.41, 5.74) is 3.32. The molecule has 0 saturated carbocycles. The quantitative estimate of drug-likeness (QED) is 0.673. The molecule has 3 aromatic rings. The largest absolute Gasteiger partial charge is 0.366 e. The van der Waals surface area contributed by atoms with Crippen LogP contribution in [0.25, 0.3) is 0 Å². The Morgan fingerprint density at radius 3 is 2.46 bits per heavy atom. The molecule has 0 aliphatic carbocycles. The van der Waals surface area contributed by atoms with Crippen molar-refractivity contribution in [2.24, 2.45) is 0 Å². The maximum Gasteiger partial charge on any atom is 0.136 e. The van der Waals surface area contributed by atoms with E-state index < -0.39 is 0 Å². The van der Waals surface area contributed by atoms with Crippen molar-refractivity contribution in [2.45, 2.75) is 20.4 Å². The summed E-state index contributed by atoms with van der Waals surface area (Å²) >= 11 is 3.48. The third-order valence-electron chi connectivity index (χ3n) is 3.51. The first-order chi connectivity index (χ1) is 11.6. The Morgan fingerprint density at radius 2 is 1.71 bits per heavy atom. The molecule has 6 heteroatoms. The summed E-state index contributed by atoms with van der Waals surface area (Å²) in [6.07, 6.45) is 3.57. The fourth-order valence-corrected chi connectivity index (χ4v) is 2.80. The van der Waals surface area contributed by atoms with Gasteiger partial charge in [-0.25, -0.2) is 9.97 Å². The second-order valence-electron chi connectivity index (χ2n) is 5.48. The first kappa shape index (κ1) is 16.4. The lowest BCUT2D eigenvalue weighted by molar-refractivity contribution is 1.02. The summed E-state index contributed by atoms with van der Waals surface area (Å²) in [7, 11) is 0. The summed E-state index contributed by atoms with van der Waals surface area (Å²) in [6.45, 7) is 4.64. The predicted molar refractivity (Wildman–Crippen MR) is 100 cm³/mol. The number of benzene rings is 1. The highest BCUT2D eigenvalue weighted by Crippen LogP contribution is 2.24. The standard InChI is InChI=1S/C18H18BrN5/c1-12-9-15(19)3-4-16(12)24-18-10-17(22-13(2)23-18)21-11-14-5-7-20-8-6-14/h3-10H,11H2,1-2H3,(H2,21,22,23,24). The van der Waals surface area contributed by atoms with Gasteiger partial charge < -0.3 is 10.6 Å². The fraction of sp³-hybridized carbons (Fsp3) is 0.167. The van der Waals surface area contributed by atoms with Gasteiger partial charge in [0.25, 0.3) is 0 Å². The van der Waals surface area contributed by atoms with Crippen molar-refractivity contribution in [3.05, 3.63) is 70.2 Å². The number of aromatic nitrogens is 3. The Morgan fingerprint density at radius 1 is 0.958 bits per heavy atom. The van der Waals surface area contributed by atoms with E-state index in [0.29, 0.717) is 12.4 Å². The number of pyridine rings is 1. The molecular weight excluding hydrogens is 366 g/mol. The van der Waals surface area contributed by atoms with Gasteiger partial charge in [-0.05, 0) is 55.3 Å². The average Bonchev–Trinajstić information content (AvgIpc) is 2.56. The Hall–Kier alpha value is -2.47. The molecule has 0 bridgehead atoms. The second kappa shape index (κ2) is 7.40. The van der Waals surface area contributed by atoms with Crippen molar-refractivity contribution < 1.29 is 0 Å². The maximum atomic E-state index is 4.46. The molecule has 1 aromatic carbocycles. The minimum absolute atomic E-state index is 0.690. The van der Waals surface area contributed by atoms with Crippen LogP contribution in [0.1, 0.15) is 17.0 Å². The van der Waals surface area contributed by atoms with E-state index in [1.165, 1.54) is 0 Å². The number of nitrogens with one attached hydrogen (secondary N) is 2. The summed E-state index contributed by atoms with van der Waals surface area (Å²) in [6, 6.07) is 12.0. The van der Waals surface area contributed by atoms with Crippen LogP contribution in [0.5, 0.6) is 0 Å². The van der Waals surface area contributed by atoms with E-state index in [-0.39, 0.29) is 0 Å². The lowest BCUT2D eigenvalue weighted by atomic mass is 10.2. The van der Waals surface area contributed by atoms with Crippen LogP contribution in [0, 0.1) is 13.8 Å². The monoisotopic (exact) mass is 383 g/mol. The van der Waals surface area contributed by atoms with Gasteiger partial charge in [-0.1, -0.05) is 15.9 Å². The summed E-state index contributed by atoms with van der Waals surface area (Å²) in [5, 5.41) is 6.68. The first-order valence-electron chi connectivity index (χ1n) is 7.62. The van der Waals surface area contributed by atoms with Gasteiger partial charge in [0.15, 0.2) is 0 Å². The fourth-order valence-electron chi connectivity index (χ4n) is 2.32. The van der Waals surface area contributed by atoms with Gasteiger partial charge in [0.1, 0.15) is 17.5 Å². The SMILES string of the molecule is Cc1nc(NCc2ccncc2)cc(Nc2ccc(Br)cc2C)n1. The molecule has 0 atom stereocenters. The molecule has 0 amide bonds. The van der Waals surface area contributed by atoms with E-state index in [1.807, 2.05) is 37.3 Å². The van der Waals surface area contributed by atoms with Crippen LogP contribution in [0.3, 0.4) is 0 Å². The molecule has 2 N–H and O–H groups in total. The molecule has 5 nitrogen and oxygen atoms in total. The highest BCUT2D eigenvalue weighted by atomic mass is 79.9. The summed E-state index contributed by atoms with van der Waals surface area (Å²) in [5.74, 6) is 2.27. The second-order valence-corrected chi connectivity index (χ2v) is 6.39. The third kappa shape index (κ3) is 4.29. The molecule has 0 unspecified atom stereocenters. The Bertz CT molecular complexity index is 836. The zero-order valence-electron chi connectivity index (χ0n) is 13.5. The Labute approximate surface area is 149 Å². The lowest BCUT2D eigenvalue weighted by Crippen LogP contribution is -2.05. The minimum atomic E-state index is 0.690. The van der Waals surface area contributed by atoms with Crippen molar-refractivity contribution >= 4 is 33.3 Å². The van der Waals surface area contributed by atoms with Gasteiger partial charge in [0, 0.05) is 35.2 Å². The summed E-state index contributed by atoms with van der Waals surface area (Å²) < 4.78 is 1.06. The first-order valence-corrected chi connectivity index (χ1v) is 8.41. The van der Waals surface area contributed by atoms with E-state index in [4.69, 9.17) is 0 Å². The molecule has 122 valence electrons. The highest BCUT2D eigenvalue weighted by molar-refractivity contribution is 9.10. The molecule has 2 aromatic heterocycles. The molecular formula is C18H18BrN5. The van der Waals surface area contributed by atoms with Gasteiger partial charge in [-0.2, -0.15) is 0 Å². The summed E-state index contributed by atoms with van der Waals surface area (Å²) in [4.78, 5) is 12.9. The molecule has 3 rings (SSSR count). The van der Waals surface area contributed by atoms with Crippen molar-refractivity contribution in [1.29, 1.82) is 0 Å². The van der Waals surface area contributed by atoms with Crippen LogP contribution < -0.4 is 10.6 Å². The van der Waals surface area contributed by atoms with E-state index in [9.17, 15) is 0 Å². The van der Waals surface area contributed by atoms with Gasteiger partial charge in [0.05, 0.1) is 0 Å². The molecule has 0 aliphatic heterocycles. The number of hydrogen-bond acceptors (Lipinski definition) is 5. The Kier molecular flexibility index (Phi) is 5.05. The predicted octanol–water partition coefficient (Wildman–Crippen LogP) is 4.61. The number of hydrogen-bond donors (Lipinski definition) is 2.